The van der Waals surface area contributed by atoms with Gasteiger partial charge in [0.05, 0.1) is 0 Å². The Balaban J connectivity index is 1.29. The van der Waals surface area contributed by atoms with Gasteiger partial charge in [0.2, 0.25) is 0 Å². The third-order valence-electron chi connectivity index (χ3n) is 9.19. The fourth-order valence-corrected chi connectivity index (χ4v) is 6.50. The van der Waals surface area contributed by atoms with Gasteiger partial charge in [-0.05, 0) is 122 Å². The van der Waals surface area contributed by atoms with Gasteiger partial charge in [-0.2, -0.15) is 0 Å². The molecule has 0 bridgehead atoms. The van der Waals surface area contributed by atoms with E-state index in [1.54, 1.807) is 11.1 Å². The number of allylic oxidation sites excluding steroid dienone is 2. The molecule has 0 N–H and O–H groups in total. The first-order valence-electron chi connectivity index (χ1n) is 16.3. The van der Waals surface area contributed by atoms with Gasteiger partial charge in [-0.25, -0.2) is 0 Å². The minimum Gasteiger partial charge on any atom is -0.345 e. The lowest BCUT2D eigenvalue weighted by atomic mass is 9.91. The van der Waals surface area contributed by atoms with Crippen molar-refractivity contribution in [1.82, 2.24) is 0 Å². The third-order valence-corrected chi connectivity index (χ3v) is 9.19. The molecule has 2 aliphatic carbocycles. The molecule has 0 amide bonds. The van der Waals surface area contributed by atoms with E-state index in [1.807, 2.05) is 0 Å². The smallest absolute Gasteiger partial charge is 0.0408 e. The number of anilines is 2. The second-order valence-corrected chi connectivity index (χ2v) is 12.5. The second-order valence-electron chi connectivity index (χ2n) is 12.5. The van der Waals surface area contributed by atoms with Crippen LogP contribution in [0.2, 0.25) is 0 Å². The summed E-state index contributed by atoms with van der Waals surface area (Å²) in [6.07, 6.45) is 20.3. The van der Waals surface area contributed by atoms with Gasteiger partial charge in [-0.3, -0.25) is 0 Å². The molecule has 0 aromatic heterocycles. The van der Waals surface area contributed by atoms with E-state index in [-0.39, 0.29) is 0 Å². The molecular weight excluding hydrogens is 518 g/mol. The van der Waals surface area contributed by atoms with E-state index in [2.05, 4.69) is 134 Å². The van der Waals surface area contributed by atoms with Gasteiger partial charge in [0.15, 0.2) is 0 Å². The Morgan fingerprint density at radius 3 is 1.33 bits per heavy atom. The van der Waals surface area contributed by atoms with Gasteiger partial charge in [-0.15, -0.1) is 0 Å². The van der Waals surface area contributed by atoms with E-state index in [1.165, 1.54) is 115 Å². The molecule has 6 rings (SSSR count). The van der Waals surface area contributed by atoms with Crippen LogP contribution in [-0.4, -0.2) is 7.05 Å². The maximum Gasteiger partial charge on any atom is 0.0408 e. The van der Waals surface area contributed by atoms with Crippen LogP contribution in [0.5, 0.6) is 0 Å². The highest BCUT2D eigenvalue weighted by atomic mass is 15.1. The van der Waals surface area contributed by atoms with Gasteiger partial charge in [0.1, 0.15) is 0 Å². The van der Waals surface area contributed by atoms with Crippen LogP contribution in [0.15, 0.2) is 108 Å². The van der Waals surface area contributed by atoms with Crippen LogP contribution in [0, 0.1) is 6.92 Å². The van der Waals surface area contributed by atoms with Gasteiger partial charge in [-0.1, -0.05) is 114 Å². The van der Waals surface area contributed by atoms with Gasteiger partial charge >= 0.3 is 0 Å². The number of nitrogens with zero attached hydrogens (tertiary/aromatic N) is 1. The first kappa shape index (κ1) is 29.0. The molecule has 2 fully saturated rings. The maximum atomic E-state index is 2.42. The summed E-state index contributed by atoms with van der Waals surface area (Å²) in [4.78, 5) is 2.24. The minimum atomic E-state index is 1.18. The molecule has 0 radical (unpaired) electrons. The average Bonchev–Trinajstić information content (AvgIpc) is 3.06. The Morgan fingerprint density at radius 2 is 0.884 bits per heavy atom. The molecule has 2 aliphatic rings. The SMILES string of the molecule is Cc1ccc(N(C)c2ccc(C=C(c3ccc(C=C4CCCCC4)cc3)c3ccc(C=C4CCCCC4)cc3)cc2)cc1. The monoisotopic (exact) mass is 563 g/mol. The molecule has 0 spiro atoms. The van der Waals surface area contributed by atoms with Crippen molar-refractivity contribution in [3.05, 3.63) is 142 Å². The lowest BCUT2D eigenvalue weighted by Crippen LogP contribution is -2.08. The summed E-state index contributed by atoms with van der Waals surface area (Å²) in [6.45, 7) is 2.13. The fraction of sp³-hybridized carbons (Fsp3) is 0.286. The number of aryl methyl sites for hydroxylation is 1. The topological polar surface area (TPSA) is 3.24 Å². The Kier molecular flexibility index (Phi) is 9.38. The molecule has 0 aliphatic heterocycles. The highest BCUT2D eigenvalue weighted by Gasteiger charge is 2.10. The molecule has 4 aromatic carbocycles. The van der Waals surface area contributed by atoms with E-state index in [9.17, 15) is 0 Å². The molecule has 0 unspecified atom stereocenters. The van der Waals surface area contributed by atoms with Crippen molar-refractivity contribution in [2.75, 3.05) is 11.9 Å². The Bertz CT molecular complexity index is 1490. The van der Waals surface area contributed by atoms with Crippen LogP contribution in [0.1, 0.15) is 97.6 Å². The predicted molar refractivity (Wildman–Crippen MR) is 188 cm³/mol. The Morgan fingerprint density at radius 1 is 0.488 bits per heavy atom. The first-order chi connectivity index (χ1) is 21.1. The minimum absolute atomic E-state index is 1.18. The van der Waals surface area contributed by atoms with Crippen molar-refractivity contribution in [2.45, 2.75) is 71.1 Å². The lowest BCUT2D eigenvalue weighted by molar-refractivity contribution is 0.602. The summed E-state index contributed by atoms with van der Waals surface area (Å²) < 4.78 is 0. The zero-order valence-electron chi connectivity index (χ0n) is 26.0. The highest BCUT2D eigenvalue weighted by Crippen LogP contribution is 2.31. The molecule has 1 nitrogen and oxygen atoms in total. The maximum absolute atomic E-state index is 2.42. The normalized spacial score (nSPS) is 15.1. The predicted octanol–water partition coefficient (Wildman–Crippen LogP) is 12.0. The van der Waals surface area contributed by atoms with Crippen molar-refractivity contribution in [1.29, 1.82) is 0 Å². The van der Waals surface area contributed by atoms with Gasteiger partial charge in [0.25, 0.3) is 0 Å². The molecule has 4 aromatic rings. The highest BCUT2D eigenvalue weighted by molar-refractivity contribution is 5.92. The zero-order valence-corrected chi connectivity index (χ0v) is 26.0. The van der Waals surface area contributed by atoms with E-state index >= 15 is 0 Å². The Labute approximate surface area is 259 Å². The summed E-state index contributed by atoms with van der Waals surface area (Å²) in [6, 6.07) is 36.0. The third kappa shape index (κ3) is 7.65. The van der Waals surface area contributed by atoms with Crippen molar-refractivity contribution < 1.29 is 0 Å². The molecule has 218 valence electrons. The Hall–Kier alpha value is -4.10. The van der Waals surface area contributed by atoms with Gasteiger partial charge < -0.3 is 4.90 Å². The largest absolute Gasteiger partial charge is 0.345 e. The van der Waals surface area contributed by atoms with E-state index in [0.717, 1.165) is 0 Å². The summed E-state index contributed by atoms with van der Waals surface area (Å²) in [7, 11) is 2.13. The first-order valence-corrected chi connectivity index (χ1v) is 16.3. The molecule has 0 saturated heterocycles. The molecule has 0 heterocycles. The van der Waals surface area contributed by atoms with Crippen molar-refractivity contribution in [2.24, 2.45) is 0 Å². The van der Waals surface area contributed by atoms with E-state index < -0.39 is 0 Å². The standard InChI is InChI=1S/C42H45N/c1-32-13-25-40(26-14-32)43(2)41-27-19-37(20-28-41)31-42(38-21-15-35(16-22-38)29-33-9-5-3-6-10-33)39-23-17-36(18-24-39)30-34-11-7-4-8-12-34/h13-31H,3-12H2,1-2H3. The van der Waals surface area contributed by atoms with Crippen LogP contribution < -0.4 is 4.90 Å². The number of hydrogen-bond acceptors (Lipinski definition) is 1. The number of rotatable bonds is 7. The fourth-order valence-electron chi connectivity index (χ4n) is 6.50. The second kappa shape index (κ2) is 13.9. The molecule has 2 saturated carbocycles. The van der Waals surface area contributed by atoms with Crippen LogP contribution >= 0.6 is 0 Å². The summed E-state index contributed by atoms with van der Waals surface area (Å²) in [5, 5.41) is 0. The zero-order chi connectivity index (χ0) is 29.4. The average molecular weight is 564 g/mol. The number of benzene rings is 4. The summed E-state index contributed by atoms with van der Waals surface area (Å²) >= 11 is 0. The van der Waals surface area contributed by atoms with Crippen molar-refractivity contribution in [3.8, 4) is 0 Å². The molecule has 1 heteroatoms. The van der Waals surface area contributed by atoms with Crippen LogP contribution in [0.4, 0.5) is 11.4 Å². The van der Waals surface area contributed by atoms with Gasteiger partial charge in [0, 0.05) is 18.4 Å². The molecule has 43 heavy (non-hydrogen) atoms. The molecule has 0 atom stereocenters. The van der Waals surface area contributed by atoms with Crippen LogP contribution in [-0.2, 0) is 0 Å². The van der Waals surface area contributed by atoms with Crippen molar-refractivity contribution in [3.63, 3.8) is 0 Å². The quantitative estimate of drug-likeness (QED) is 0.202. The van der Waals surface area contributed by atoms with E-state index in [4.69, 9.17) is 0 Å². The van der Waals surface area contributed by atoms with Crippen molar-refractivity contribution >= 4 is 35.2 Å². The van der Waals surface area contributed by atoms with Crippen LogP contribution in [0.25, 0.3) is 23.8 Å². The summed E-state index contributed by atoms with van der Waals surface area (Å²) in [5.41, 5.74) is 14.5. The van der Waals surface area contributed by atoms with Crippen LogP contribution in [0.3, 0.4) is 0 Å². The van der Waals surface area contributed by atoms with E-state index in [0.29, 0.717) is 0 Å². The molecular formula is C42H45N. The lowest BCUT2D eigenvalue weighted by Gasteiger charge is -2.20. The summed E-state index contributed by atoms with van der Waals surface area (Å²) in [5.74, 6) is 0. The number of hydrogen-bond donors (Lipinski definition) is 0.